The molecule has 4 aliphatic rings. The number of phosphoric acid groups is 3. The number of allylic oxidation sites excluding steroid dienone is 3. The molecule has 4 aromatic rings. The molecule has 2 aromatic heterocycles. The molecule has 0 saturated carbocycles. The molecule has 0 bridgehead atoms. The van der Waals surface area contributed by atoms with Gasteiger partial charge >= 0.3 is 23.5 Å². The van der Waals surface area contributed by atoms with Crippen LogP contribution in [0.4, 0.5) is 11.6 Å². The van der Waals surface area contributed by atoms with E-state index >= 15 is 0 Å². The molecule has 5 heterocycles. The quantitative estimate of drug-likeness (QED) is 0.0108. The number of ether oxygens (including phenoxy) is 1. The number of nitrogens with one attached hydrogen (secondary N) is 2. The van der Waals surface area contributed by atoms with Crippen LogP contribution in [0.2, 0.25) is 0 Å². The lowest BCUT2D eigenvalue weighted by molar-refractivity contribution is -0.121. The van der Waals surface area contributed by atoms with Crippen LogP contribution >= 0.6 is 23.5 Å². The molecule has 4 unspecified atom stereocenters. The van der Waals surface area contributed by atoms with Gasteiger partial charge in [0.15, 0.2) is 17.4 Å². The molecule has 490 valence electrons. The number of phosphoric ester groups is 2. The fraction of sp³-hybridized carbons (Fsp3) is 0.436. The van der Waals surface area contributed by atoms with Crippen molar-refractivity contribution in [2.24, 2.45) is 0 Å². The number of aliphatic hydroxyl groups is 2. The van der Waals surface area contributed by atoms with E-state index in [1.165, 1.54) is 18.2 Å². The Morgan fingerprint density at radius 3 is 2.29 bits per heavy atom. The molecule has 0 spiro atoms. The molecule has 1 saturated heterocycles. The van der Waals surface area contributed by atoms with Crippen molar-refractivity contribution in [3.63, 3.8) is 0 Å². The number of fused-ring (bicyclic) bond motifs is 3. The fourth-order valence-electron chi connectivity index (χ4n) is 10.9. The zero-order chi connectivity index (χ0) is 65.6. The average Bonchev–Trinajstić information content (AvgIpc) is 1.59. The van der Waals surface area contributed by atoms with Gasteiger partial charge in [0, 0.05) is 59.1 Å². The molecule has 11 N–H and O–H groups in total. The number of anilines is 2. The summed E-state index contributed by atoms with van der Waals surface area (Å²) in [7, 11) is -26.0. The van der Waals surface area contributed by atoms with Gasteiger partial charge in [0.2, 0.25) is 17.2 Å². The maximum absolute atomic E-state index is 13.3. The third kappa shape index (κ3) is 17.1. The predicted octanol–water partition coefficient (Wildman–Crippen LogP) is 5.92. The Morgan fingerprint density at radius 1 is 0.900 bits per heavy atom. The number of amides is 1. The monoisotopic (exact) mass is 1350 g/mol. The van der Waals surface area contributed by atoms with E-state index in [2.05, 4.69) is 51.8 Å². The van der Waals surface area contributed by atoms with Crippen molar-refractivity contribution in [3.05, 3.63) is 123 Å². The van der Waals surface area contributed by atoms with Gasteiger partial charge in [-0.05, 0) is 101 Å². The molecule has 1 fully saturated rings. The van der Waals surface area contributed by atoms with Gasteiger partial charge in [-0.1, -0.05) is 55.3 Å². The van der Waals surface area contributed by atoms with Crippen LogP contribution < -0.4 is 31.4 Å². The van der Waals surface area contributed by atoms with E-state index in [0.29, 0.717) is 47.7 Å². The third-order valence-electron chi connectivity index (χ3n) is 15.3. The second-order valence-corrected chi connectivity index (χ2v) is 29.1. The number of hydrogen-bond donors (Lipinski definition) is 10. The third-order valence-corrected chi connectivity index (χ3v) is 21.2. The highest BCUT2D eigenvalue weighted by atomic mass is 32.2. The lowest BCUT2D eigenvalue weighted by Gasteiger charge is -2.30. The summed E-state index contributed by atoms with van der Waals surface area (Å²) in [6.45, 7) is 8.27. The summed E-state index contributed by atoms with van der Waals surface area (Å²) in [5, 5.41) is 25.0. The molecule has 3 aliphatic heterocycles. The second kappa shape index (κ2) is 28.8. The van der Waals surface area contributed by atoms with E-state index in [4.69, 9.17) is 19.4 Å². The molecule has 30 nitrogen and oxygen atoms in total. The van der Waals surface area contributed by atoms with Crippen LogP contribution in [0.15, 0.2) is 105 Å². The molecule has 1 aliphatic carbocycles. The highest BCUT2D eigenvalue weighted by Gasteiger charge is 2.48. The Morgan fingerprint density at radius 2 is 1.60 bits per heavy atom. The number of nitrogens with two attached hydrogens (primary N) is 1. The molecule has 0 radical (unpaired) electrons. The number of aromatic amines is 1. The van der Waals surface area contributed by atoms with Crippen LogP contribution in [0.25, 0.3) is 39.9 Å². The highest BCUT2D eigenvalue weighted by Crippen LogP contribution is 2.68. The molecule has 1 amide bonds. The Balaban J connectivity index is 0.856. The summed E-state index contributed by atoms with van der Waals surface area (Å²) >= 11 is 0. The zero-order valence-corrected chi connectivity index (χ0v) is 53.6. The number of rotatable bonds is 30. The SMILES string of the molecule is CC[N+](CC)=c1ccc2c(/C=C/C=C3\N(CCCS(=O)(=O)O)c4ccc(S(=O)(=O)O)cc4C3(C)CCCC(=O)NCCCCCCOP(=O)(O)OP(=O)(O)OP(=O)(O)OC[C@H]3O[C@@H](n4cnc5c(=O)[nH]c(N)nc54)[C@H](O)[C@@H]3O)c(C)c(-c3ccccc3)oc-2c1. The van der Waals surface area contributed by atoms with E-state index < -0.39 is 98.2 Å². The van der Waals surface area contributed by atoms with Crippen LogP contribution in [-0.2, 0) is 66.5 Å². The number of nitrogen functional groups attached to an aromatic ring is 1. The van der Waals surface area contributed by atoms with E-state index in [1.807, 2.05) is 85.5 Å². The molecular weight excluding hydrogens is 1280 g/mol. The number of unbranched alkanes of at least 4 members (excludes halogenated alkanes) is 3. The second-order valence-electron chi connectivity index (χ2n) is 21.5. The summed E-state index contributed by atoms with van der Waals surface area (Å²) in [6, 6.07) is 19.9. The van der Waals surface area contributed by atoms with Gasteiger partial charge in [-0.3, -0.25) is 37.3 Å². The molecule has 35 heteroatoms. The number of H-pyrrole nitrogens is 1. The number of carbonyl (C=O) groups is 1. The van der Waals surface area contributed by atoms with Crippen LogP contribution in [0.1, 0.15) is 95.1 Å². The maximum atomic E-state index is 13.3. The van der Waals surface area contributed by atoms with Crippen molar-refractivity contribution in [2.75, 3.05) is 55.8 Å². The van der Waals surface area contributed by atoms with Crippen molar-refractivity contribution in [2.45, 2.75) is 114 Å². The topological polar surface area (TPSA) is 445 Å². The first-order valence-electron chi connectivity index (χ1n) is 28.5. The number of hydrogen-bond acceptors (Lipinski definition) is 21. The van der Waals surface area contributed by atoms with Gasteiger partial charge in [0.25, 0.3) is 25.8 Å². The van der Waals surface area contributed by atoms with E-state index in [-0.39, 0.29) is 73.1 Å². The van der Waals surface area contributed by atoms with Gasteiger partial charge < -0.3 is 50.0 Å². The lowest BCUT2D eigenvalue weighted by atomic mass is 9.77. The molecule has 90 heavy (non-hydrogen) atoms. The summed E-state index contributed by atoms with van der Waals surface area (Å²) in [5.74, 6) is 0.128. The number of carbonyl (C=O) groups excluding carboxylic acids is 1. The maximum Gasteiger partial charge on any atom is 0.490 e. The van der Waals surface area contributed by atoms with Gasteiger partial charge in [0.05, 0.1) is 36.3 Å². The Bertz CT molecular complexity index is 4160. The first-order chi connectivity index (χ1) is 42.3. The Hall–Kier alpha value is -6.12. The van der Waals surface area contributed by atoms with Gasteiger partial charge in [0.1, 0.15) is 42.9 Å². The largest absolute Gasteiger partial charge is 0.490 e. The summed E-state index contributed by atoms with van der Waals surface area (Å²) < 4.78 is 140. The summed E-state index contributed by atoms with van der Waals surface area (Å²) in [5.41, 5.74) is 8.55. The number of nitrogens with zero attached hydrogens (tertiary/aromatic N) is 5. The average molecular weight is 1350 g/mol. The van der Waals surface area contributed by atoms with Gasteiger partial charge in [-0.25, -0.2) is 23.3 Å². The normalized spacial score (nSPS) is 21.2. The summed E-state index contributed by atoms with van der Waals surface area (Å²) in [4.78, 5) is 67.4. The first kappa shape index (κ1) is 69.8. The standard InChI is InChI=1S/C55H71N8O22P3S2/c1-5-61(6-2)37-22-24-40-39(35(3)50(82-43(40)31-37)36-17-10-9-11-18-36)19-14-20-45-55(4,41-32-38(90(77,78)79)23-25-42(41)62(45)28-16-30-89(74,75)76)26-15-21-46(64)57-27-12-7-8-13-29-80-86(68,69)84-88(72,73)85-87(70,71)81-33-44-48(65)49(66)53(83-44)63-34-58-47-51(63)59-54(56)60-52(47)67/h9-11,14,17-20,22-25,31-32,34,44,48-49,53,65-66H,5-8,12-13,15-16,21,26-30,33H2,1-4H3,(H8-,56,57,59,60,64,67,68,69,70,71,72,73,74,75,76,77,78,79)/p+1/t44-,48-,49-,53-,55?/m1/s1. The smallest absolute Gasteiger partial charge is 0.456 e. The van der Waals surface area contributed by atoms with Crippen molar-refractivity contribution in [1.82, 2.24) is 29.4 Å². The lowest BCUT2D eigenvalue weighted by Crippen LogP contribution is -2.33. The van der Waals surface area contributed by atoms with Crippen LogP contribution in [0.3, 0.4) is 0 Å². The first-order valence-corrected chi connectivity index (χ1v) is 36.0. The van der Waals surface area contributed by atoms with Crippen molar-refractivity contribution < 1.29 is 96.1 Å². The molecular formula is C55H72N8O22P3S2+. The van der Waals surface area contributed by atoms with E-state index in [0.717, 1.165) is 51.6 Å². The van der Waals surface area contributed by atoms with Crippen LogP contribution in [-0.4, -0.2) is 140 Å². The fourth-order valence-corrected chi connectivity index (χ4v) is 15.5. The van der Waals surface area contributed by atoms with Crippen molar-refractivity contribution in [3.8, 4) is 22.6 Å². The summed E-state index contributed by atoms with van der Waals surface area (Å²) in [6.07, 6.45) is 1.95. The number of imidazole rings is 1. The number of benzene rings is 3. The molecule has 8 atom stereocenters. The predicted molar refractivity (Wildman–Crippen MR) is 328 cm³/mol. The molecule has 2 aromatic carbocycles. The minimum atomic E-state index is -5.89. The number of aromatic nitrogens is 4. The zero-order valence-electron chi connectivity index (χ0n) is 49.3. The Labute approximate surface area is 517 Å². The number of aliphatic hydroxyl groups excluding tert-OH is 2. The Kier molecular flexibility index (Phi) is 22.3. The van der Waals surface area contributed by atoms with Crippen LogP contribution in [0, 0.1) is 6.92 Å². The van der Waals surface area contributed by atoms with E-state index in [9.17, 15) is 74.1 Å². The minimum absolute atomic E-state index is 0.0184. The van der Waals surface area contributed by atoms with Crippen molar-refractivity contribution >= 4 is 78.5 Å². The van der Waals surface area contributed by atoms with Crippen LogP contribution in [0.5, 0.6) is 0 Å². The van der Waals surface area contributed by atoms with Crippen molar-refractivity contribution in [1.29, 1.82) is 0 Å². The molecule has 8 rings (SSSR count). The van der Waals surface area contributed by atoms with E-state index in [1.54, 1.807) is 0 Å². The minimum Gasteiger partial charge on any atom is -0.456 e. The van der Waals surface area contributed by atoms with Gasteiger partial charge in [-0.2, -0.15) is 30.4 Å². The van der Waals surface area contributed by atoms with Gasteiger partial charge in [-0.15, -0.1) is 0 Å². The highest BCUT2D eigenvalue weighted by molar-refractivity contribution is 7.86.